The van der Waals surface area contributed by atoms with E-state index >= 15 is 0 Å². The molecule has 1 N–H and O–H groups in total. The molecule has 2 nitrogen and oxygen atoms in total. The van der Waals surface area contributed by atoms with Gasteiger partial charge in [-0.3, -0.25) is 4.98 Å². The largest absolute Gasteiger partial charge is 0.384 e. The van der Waals surface area contributed by atoms with Crippen molar-refractivity contribution in [2.45, 2.75) is 44.6 Å². The molecule has 3 rings (SSSR count). The van der Waals surface area contributed by atoms with Crippen molar-refractivity contribution in [2.24, 2.45) is 0 Å². The summed E-state index contributed by atoms with van der Waals surface area (Å²) in [5, 5.41) is 10.7. The summed E-state index contributed by atoms with van der Waals surface area (Å²) in [4.78, 5) is 4.15. The molecule has 2 heteroatoms. The third-order valence-corrected chi connectivity index (χ3v) is 4.42. The molecule has 0 amide bonds. The number of hydrogen-bond acceptors (Lipinski definition) is 2. The van der Waals surface area contributed by atoms with Gasteiger partial charge >= 0.3 is 0 Å². The standard InChI is InChI=1S/C18H21NO/c1-2-13-12-19-10-9-17(13)18(20)16-8-4-7-15(11-16)14-5-3-6-14/h4,7-12,14,18,20H,2-3,5-6H2,1H3. The molecular formula is C18H21NO. The van der Waals surface area contributed by atoms with E-state index in [0.29, 0.717) is 5.92 Å². The number of aliphatic hydroxyl groups is 1. The van der Waals surface area contributed by atoms with E-state index in [1.54, 1.807) is 6.20 Å². The van der Waals surface area contributed by atoms with Gasteiger partial charge in [0.05, 0.1) is 0 Å². The Morgan fingerprint density at radius 2 is 2.15 bits per heavy atom. The van der Waals surface area contributed by atoms with Crippen LogP contribution < -0.4 is 0 Å². The molecule has 0 spiro atoms. The van der Waals surface area contributed by atoms with Gasteiger partial charge in [-0.25, -0.2) is 0 Å². The second kappa shape index (κ2) is 5.76. The number of aromatic nitrogens is 1. The van der Waals surface area contributed by atoms with Crippen molar-refractivity contribution in [1.29, 1.82) is 0 Å². The van der Waals surface area contributed by atoms with Crippen LogP contribution >= 0.6 is 0 Å². The maximum atomic E-state index is 10.7. The lowest BCUT2D eigenvalue weighted by molar-refractivity contribution is 0.219. The van der Waals surface area contributed by atoms with Crippen molar-refractivity contribution < 1.29 is 5.11 Å². The predicted octanol–water partition coefficient (Wildman–Crippen LogP) is 3.99. The lowest BCUT2D eigenvalue weighted by atomic mass is 9.79. The van der Waals surface area contributed by atoms with E-state index in [0.717, 1.165) is 23.1 Å². The van der Waals surface area contributed by atoms with E-state index in [2.05, 4.69) is 30.1 Å². The minimum Gasteiger partial charge on any atom is -0.384 e. The summed E-state index contributed by atoms with van der Waals surface area (Å²) < 4.78 is 0. The third-order valence-electron chi connectivity index (χ3n) is 4.42. The van der Waals surface area contributed by atoms with E-state index in [1.165, 1.54) is 24.8 Å². The lowest BCUT2D eigenvalue weighted by Crippen LogP contribution is -2.10. The average Bonchev–Trinajstić information content (AvgIpc) is 2.45. The van der Waals surface area contributed by atoms with Gasteiger partial charge in [0.1, 0.15) is 6.10 Å². The summed E-state index contributed by atoms with van der Waals surface area (Å²) in [6, 6.07) is 10.4. The number of aryl methyl sites for hydroxylation is 1. The highest BCUT2D eigenvalue weighted by Crippen LogP contribution is 2.37. The van der Waals surface area contributed by atoms with Crippen molar-refractivity contribution in [3.8, 4) is 0 Å². The molecule has 1 heterocycles. The predicted molar refractivity (Wildman–Crippen MR) is 80.7 cm³/mol. The second-order valence-electron chi connectivity index (χ2n) is 5.63. The van der Waals surface area contributed by atoms with Crippen LogP contribution in [-0.4, -0.2) is 10.1 Å². The van der Waals surface area contributed by atoms with Gasteiger partial charge in [0, 0.05) is 12.4 Å². The molecule has 0 aliphatic heterocycles. The number of pyridine rings is 1. The van der Waals surface area contributed by atoms with Gasteiger partial charge in [0.25, 0.3) is 0 Å². The number of aliphatic hydroxyl groups excluding tert-OH is 1. The first kappa shape index (κ1) is 13.3. The van der Waals surface area contributed by atoms with Crippen molar-refractivity contribution in [2.75, 3.05) is 0 Å². The first-order chi connectivity index (χ1) is 9.79. The van der Waals surface area contributed by atoms with Gasteiger partial charge in [0.15, 0.2) is 0 Å². The molecule has 1 atom stereocenters. The summed E-state index contributed by atoms with van der Waals surface area (Å²) >= 11 is 0. The number of rotatable bonds is 4. The summed E-state index contributed by atoms with van der Waals surface area (Å²) in [5.41, 5.74) is 4.47. The Morgan fingerprint density at radius 3 is 2.85 bits per heavy atom. The molecule has 20 heavy (non-hydrogen) atoms. The Kier molecular flexibility index (Phi) is 3.83. The SMILES string of the molecule is CCc1cnccc1C(O)c1cccc(C2CCC2)c1. The zero-order valence-corrected chi connectivity index (χ0v) is 11.9. The molecule has 2 aromatic rings. The van der Waals surface area contributed by atoms with Gasteiger partial charge < -0.3 is 5.11 Å². The zero-order valence-electron chi connectivity index (χ0n) is 11.9. The van der Waals surface area contributed by atoms with E-state index in [9.17, 15) is 5.11 Å². The van der Waals surface area contributed by atoms with Crippen LogP contribution in [0.4, 0.5) is 0 Å². The molecule has 1 saturated carbocycles. The number of hydrogen-bond donors (Lipinski definition) is 1. The van der Waals surface area contributed by atoms with Crippen LogP contribution in [0.3, 0.4) is 0 Å². The van der Waals surface area contributed by atoms with E-state index in [4.69, 9.17) is 0 Å². The fourth-order valence-electron chi connectivity index (χ4n) is 2.90. The van der Waals surface area contributed by atoms with Gasteiger partial charge in [-0.15, -0.1) is 0 Å². The van der Waals surface area contributed by atoms with Crippen LogP contribution in [0.15, 0.2) is 42.7 Å². The molecule has 0 bridgehead atoms. The number of nitrogens with zero attached hydrogens (tertiary/aromatic N) is 1. The van der Waals surface area contributed by atoms with E-state index in [-0.39, 0.29) is 0 Å². The van der Waals surface area contributed by atoms with Crippen molar-refractivity contribution in [3.63, 3.8) is 0 Å². The summed E-state index contributed by atoms with van der Waals surface area (Å²) in [6.07, 6.45) is 7.86. The topological polar surface area (TPSA) is 33.1 Å². The molecule has 1 unspecified atom stereocenters. The van der Waals surface area contributed by atoms with Gasteiger partial charge in [-0.1, -0.05) is 37.6 Å². The second-order valence-corrected chi connectivity index (χ2v) is 5.63. The first-order valence-corrected chi connectivity index (χ1v) is 7.50. The van der Waals surface area contributed by atoms with Crippen LogP contribution in [-0.2, 0) is 6.42 Å². The third kappa shape index (κ3) is 2.48. The summed E-state index contributed by atoms with van der Waals surface area (Å²) in [7, 11) is 0. The summed E-state index contributed by atoms with van der Waals surface area (Å²) in [6.45, 7) is 2.10. The smallest absolute Gasteiger partial charge is 0.104 e. The molecule has 0 saturated heterocycles. The monoisotopic (exact) mass is 267 g/mol. The molecule has 1 aliphatic rings. The minimum absolute atomic E-state index is 0.548. The van der Waals surface area contributed by atoms with Crippen molar-refractivity contribution >= 4 is 0 Å². The van der Waals surface area contributed by atoms with Crippen molar-refractivity contribution in [1.82, 2.24) is 4.98 Å². The Bertz CT molecular complexity index is 589. The highest BCUT2D eigenvalue weighted by atomic mass is 16.3. The highest BCUT2D eigenvalue weighted by molar-refractivity contribution is 5.37. The molecule has 1 fully saturated rings. The van der Waals surface area contributed by atoms with E-state index in [1.807, 2.05) is 18.3 Å². The maximum Gasteiger partial charge on any atom is 0.104 e. The Balaban J connectivity index is 1.91. The van der Waals surface area contributed by atoms with Crippen LogP contribution in [0, 0.1) is 0 Å². The molecule has 1 aromatic heterocycles. The minimum atomic E-state index is -0.548. The van der Waals surface area contributed by atoms with Crippen LogP contribution in [0.1, 0.15) is 60.5 Å². The lowest BCUT2D eigenvalue weighted by Gasteiger charge is -2.26. The molecule has 1 aliphatic carbocycles. The zero-order chi connectivity index (χ0) is 13.9. The maximum absolute atomic E-state index is 10.7. The molecule has 1 aromatic carbocycles. The number of benzene rings is 1. The quantitative estimate of drug-likeness (QED) is 0.908. The average molecular weight is 267 g/mol. The Labute approximate surface area is 120 Å². The molecule has 0 radical (unpaired) electrons. The van der Waals surface area contributed by atoms with E-state index < -0.39 is 6.10 Å². The van der Waals surface area contributed by atoms with Crippen LogP contribution in [0.5, 0.6) is 0 Å². The Morgan fingerprint density at radius 1 is 1.30 bits per heavy atom. The Hall–Kier alpha value is -1.67. The fraction of sp³-hybridized carbons (Fsp3) is 0.389. The fourth-order valence-corrected chi connectivity index (χ4v) is 2.90. The van der Waals surface area contributed by atoms with Crippen LogP contribution in [0.25, 0.3) is 0 Å². The molecular weight excluding hydrogens is 246 g/mol. The van der Waals surface area contributed by atoms with Gasteiger partial charge in [-0.2, -0.15) is 0 Å². The van der Waals surface area contributed by atoms with Crippen molar-refractivity contribution in [3.05, 3.63) is 65.0 Å². The molecule has 104 valence electrons. The summed E-state index contributed by atoms with van der Waals surface area (Å²) in [5.74, 6) is 0.699. The van der Waals surface area contributed by atoms with Gasteiger partial charge in [-0.05, 0) is 53.5 Å². The van der Waals surface area contributed by atoms with Crippen LogP contribution in [0.2, 0.25) is 0 Å². The first-order valence-electron chi connectivity index (χ1n) is 7.50. The highest BCUT2D eigenvalue weighted by Gasteiger charge is 2.21. The normalized spacial score (nSPS) is 16.7. The van der Waals surface area contributed by atoms with Gasteiger partial charge in [0.2, 0.25) is 0 Å².